The van der Waals surface area contributed by atoms with Gasteiger partial charge in [0.1, 0.15) is 12.1 Å². The second kappa shape index (κ2) is 10.8. The molecule has 1 aliphatic rings. The highest BCUT2D eigenvalue weighted by molar-refractivity contribution is 7.80. The van der Waals surface area contributed by atoms with Crippen LogP contribution in [0.3, 0.4) is 0 Å². The second-order valence-corrected chi connectivity index (χ2v) is 7.21. The molecule has 3 atom stereocenters. The van der Waals surface area contributed by atoms with E-state index in [0.717, 1.165) is 5.56 Å². The third-order valence-corrected chi connectivity index (χ3v) is 5.06. The molecule has 1 aliphatic heterocycles. The molecule has 0 saturated carbocycles. The second-order valence-electron chi connectivity index (χ2n) is 6.84. The third-order valence-electron chi connectivity index (χ3n) is 4.70. The average molecular weight is 423 g/mol. The summed E-state index contributed by atoms with van der Waals surface area (Å²) in [5.41, 5.74) is 6.77. The maximum Gasteiger partial charge on any atom is 0.326 e. The summed E-state index contributed by atoms with van der Waals surface area (Å²) in [6.45, 7) is -0.0255. The number of carbonyl (C=O) groups is 4. The van der Waals surface area contributed by atoms with Crippen LogP contribution in [0.1, 0.15) is 18.4 Å². The first kappa shape index (κ1) is 22.7. The van der Waals surface area contributed by atoms with Crippen molar-refractivity contribution < 1.29 is 24.3 Å². The zero-order valence-electron chi connectivity index (χ0n) is 15.9. The number of thiol groups is 1. The van der Waals surface area contributed by atoms with Gasteiger partial charge in [0.2, 0.25) is 17.7 Å². The van der Waals surface area contributed by atoms with Crippen LogP contribution >= 0.6 is 12.6 Å². The SMILES string of the molecule is NC(Cc1ccccc1)C(=O)NCC(=O)NC(CS)C(=O)N1CCCC1C(=O)O. The first-order chi connectivity index (χ1) is 13.8. The molecule has 1 heterocycles. The van der Waals surface area contributed by atoms with Crippen molar-refractivity contribution in [2.75, 3.05) is 18.8 Å². The van der Waals surface area contributed by atoms with Gasteiger partial charge in [0, 0.05) is 12.3 Å². The molecule has 158 valence electrons. The van der Waals surface area contributed by atoms with E-state index in [0.29, 0.717) is 25.8 Å². The van der Waals surface area contributed by atoms with Crippen LogP contribution in [0.15, 0.2) is 30.3 Å². The predicted octanol–water partition coefficient (Wildman–Crippen LogP) is -0.837. The molecule has 1 aromatic rings. The molecular weight excluding hydrogens is 396 g/mol. The van der Waals surface area contributed by atoms with Gasteiger partial charge in [-0.05, 0) is 24.8 Å². The standard InChI is InChI=1S/C19H26N4O5S/c20-13(9-12-5-2-1-3-6-12)17(25)21-10-16(24)22-14(11-29)18(26)23-8-4-7-15(23)19(27)28/h1-3,5-6,13-15,29H,4,7-11,20H2,(H,21,25)(H,22,24)(H,27,28). The Morgan fingerprint density at radius 1 is 1.24 bits per heavy atom. The maximum atomic E-state index is 12.6. The Morgan fingerprint density at radius 3 is 2.55 bits per heavy atom. The fourth-order valence-corrected chi connectivity index (χ4v) is 3.42. The molecule has 2 rings (SSSR count). The number of aliphatic carboxylic acids is 1. The Morgan fingerprint density at radius 2 is 1.93 bits per heavy atom. The summed E-state index contributed by atoms with van der Waals surface area (Å²) in [5.74, 6) is -2.62. The molecule has 0 radical (unpaired) electrons. The van der Waals surface area contributed by atoms with E-state index < -0.39 is 41.8 Å². The van der Waals surface area contributed by atoms with Gasteiger partial charge in [-0.2, -0.15) is 12.6 Å². The quantitative estimate of drug-likeness (QED) is 0.329. The lowest BCUT2D eigenvalue weighted by Gasteiger charge is -2.26. The van der Waals surface area contributed by atoms with Crippen molar-refractivity contribution in [3.8, 4) is 0 Å². The van der Waals surface area contributed by atoms with E-state index in [2.05, 4.69) is 23.3 Å². The van der Waals surface area contributed by atoms with Gasteiger partial charge in [0.15, 0.2) is 0 Å². The lowest BCUT2D eigenvalue weighted by Crippen LogP contribution is -2.54. The zero-order valence-corrected chi connectivity index (χ0v) is 16.8. The van der Waals surface area contributed by atoms with Crippen molar-refractivity contribution in [1.29, 1.82) is 0 Å². The molecule has 0 aromatic heterocycles. The summed E-state index contributed by atoms with van der Waals surface area (Å²) in [4.78, 5) is 49.3. The van der Waals surface area contributed by atoms with Gasteiger partial charge >= 0.3 is 5.97 Å². The van der Waals surface area contributed by atoms with E-state index in [-0.39, 0.29) is 12.3 Å². The highest BCUT2D eigenvalue weighted by Gasteiger charge is 2.37. The largest absolute Gasteiger partial charge is 0.480 e. The molecular formula is C19H26N4O5S. The number of carbonyl (C=O) groups excluding carboxylic acids is 3. The summed E-state index contributed by atoms with van der Waals surface area (Å²) >= 11 is 4.08. The van der Waals surface area contributed by atoms with Crippen LogP contribution < -0.4 is 16.4 Å². The van der Waals surface area contributed by atoms with Gasteiger partial charge < -0.3 is 26.4 Å². The van der Waals surface area contributed by atoms with Crippen LogP contribution in [0.2, 0.25) is 0 Å². The maximum absolute atomic E-state index is 12.6. The smallest absolute Gasteiger partial charge is 0.326 e. The molecule has 1 aromatic carbocycles. The lowest BCUT2D eigenvalue weighted by molar-refractivity contribution is -0.149. The minimum Gasteiger partial charge on any atom is -0.480 e. The number of amides is 3. The molecule has 29 heavy (non-hydrogen) atoms. The van der Waals surface area contributed by atoms with Crippen LogP contribution in [0.25, 0.3) is 0 Å². The molecule has 5 N–H and O–H groups in total. The van der Waals surface area contributed by atoms with Crippen molar-refractivity contribution in [3.63, 3.8) is 0 Å². The van der Waals surface area contributed by atoms with Gasteiger partial charge in [0.05, 0.1) is 12.6 Å². The fraction of sp³-hybridized carbons (Fsp3) is 0.474. The average Bonchev–Trinajstić information content (AvgIpc) is 3.20. The van der Waals surface area contributed by atoms with Crippen molar-refractivity contribution >= 4 is 36.3 Å². The van der Waals surface area contributed by atoms with E-state index in [1.54, 1.807) is 0 Å². The summed E-state index contributed by atoms with van der Waals surface area (Å²) in [5, 5.41) is 14.2. The lowest BCUT2D eigenvalue weighted by atomic mass is 10.1. The zero-order chi connectivity index (χ0) is 21.4. The highest BCUT2D eigenvalue weighted by atomic mass is 32.1. The molecule has 9 nitrogen and oxygen atoms in total. The van der Waals surface area contributed by atoms with Crippen LogP contribution in [-0.4, -0.2) is 70.7 Å². The Labute approximate surface area is 174 Å². The minimum atomic E-state index is -1.07. The number of rotatable bonds is 9. The van der Waals surface area contributed by atoms with Gasteiger partial charge in [0.25, 0.3) is 0 Å². The van der Waals surface area contributed by atoms with Gasteiger partial charge in [-0.15, -0.1) is 0 Å². The Hall–Kier alpha value is -2.59. The van der Waals surface area contributed by atoms with E-state index in [1.807, 2.05) is 30.3 Å². The van der Waals surface area contributed by atoms with Crippen molar-refractivity contribution in [3.05, 3.63) is 35.9 Å². The minimum absolute atomic E-state index is 0.00881. The van der Waals surface area contributed by atoms with Gasteiger partial charge in [-0.1, -0.05) is 30.3 Å². The van der Waals surface area contributed by atoms with Crippen LogP contribution in [-0.2, 0) is 25.6 Å². The molecule has 0 spiro atoms. The number of benzene rings is 1. The number of nitrogens with one attached hydrogen (secondary N) is 2. The molecule has 0 bridgehead atoms. The van der Waals surface area contributed by atoms with Crippen LogP contribution in [0, 0.1) is 0 Å². The summed E-state index contributed by atoms with van der Waals surface area (Å²) in [7, 11) is 0. The molecule has 0 aliphatic carbocycles. The molecule has 3 unspecified atom stereocenters. The van der Waals surface area contributed by atoms with E-state index in [1.165, 1.54) is 4.90 Å². The van der Waals surface area contributed by atoms with Crippen molar-refractivity contribution in [2.45, 2.75) is 37.4 Å². The molecule has 3 amide bonds. The van der Waals surface area contributed by atoms with Crippen LogP contribution in [0.4, 0.5) is 0 Å². The van der Waals surface area contributed by atoms with E-state index in [4.69, 9.17) is 5.73 Å². The van der Waals surface area contributed by atoms with Crippen LogP contribution in [0.5, 0.6) is 0 Å². The number of nitrogens with two attached hydrogens (primary N) is 1. The van der Waals surface area contributed by atoms with E-state index >= 15 is 0 Å². The number of nitrogens with zero attached hydrogens (tertiary/aromatic N) is 1. The van der Waals surface area contributed by atoms with Crippen molar-refractivity contribution in [2.24, 2.45) is 5.73 Å². The Balaban J connectivity index is 1.82. The highest BCUT2D eigenvalue weighted by Crippen LogP contribution is 2.18. The number of likely N-dealkylation sites (tertiary alicyclic amines) is 1. The topological polar surface area (TPSA) is 142 Å². The Kier molecular flexibility index (Phi) is 8.47. The summed E-state index contributed by atoms with van der Waals surface area (Å²) in [6.07, 6.45) is 1.30. The summed E-state index contributed by atoms with van der Waals surface area (Å²) < 4.78 is 0. The number of carboxylic acid groups (broad SMARTS) is 1. The third kappa shape index (κ3) is 6.47. The van der Waals surface area contributed by atoms with Gasteiger partial charge in [-0.25, -0.2) is 4.79 Å². The Bertz CT molecular complexity index is 745. The molecule has 1 saturated heterocycles. The first-order valence-corrected chi connectivity index (χ1v) is 9.97. The monoisotopic (exact) mass is 422 g/mol. The fourth-order valence-electron chi connectivity index (χ4n) is 3.18. The first-order valence-electron chi connectivity index (χ1n) is 9.34. The number of hydrogen-bond donors (Lipinski definition) is 5. The summed E-state index contributed by atoms with van der Waals surface area (Å²) in [6, 6.07) is 6.58. The molecule has 10 heteroatoms. The number of carboxylic acids is 1. The van der Waals surface area contributed by atoms with Crippen molar-refractivity contribution in [1.82, 2.24) is 15.5 Å². The number of hydrogen-bond acceptors (Lipinski definition) is 6. The predicted molar refractivity (Wildman–Crippen MR) is 109 cm³/mol. The van der Waals surface area contributed by atoms with Gasteiger partial charge in [-0.3, -0.25) is 14.4 Å². The van der Waals surface area contributed by atoms with E-state index in [9.17, 15) is 24.3 Å². The molecule has 1 fully saturated rings. The normalized spacial score (nSPS) is 18.0.